The lowest BCUT2D eigenvalue weighted by molar-refractivity contribution is 0.0602. The fourth-order valence-corrected chi connectivity index (χ4v) is 1.93. The lowest BCUT2D eigenvalue weighted by Gasteiger charge is -2.16. The van der Waals surface area contributed by atoms with Crippen molar-refractivity contribution in [2.45, 2.75) is 13.0 Å². The van der Waals surface area contributed by atoms with E-state index in [1.54, 1.807) is 30.7 Å². The van der Waals surface area contributed by atoms with Gasteiger partial charge in [-0.2, -0.15) is 0 Å². The number of nitrogens with one attached hydrogen (secondary N) is 1. The Balaban J connectivity index is 2.28. The van der Waals surface area contributed by atoms with Crippen LogP contribution in [0.25, 0.3) is 0 Å². The van der Waals surface area contributed by atoms with Gasteiger partial charge in [-0.15, -0.1) is 0 Å². The molecule has 0 fully saturated rings. The molecule has 0 bridgehead atoms. The molecule has 100 valence electrons. The number of rotatable bonds is 4. The largest absolute Gasteiger partial charge is 0.472 e. The molecule has 0 aliphatic heterocycles. The molecule has 0 radical (unpaired) electrons. The molecule has 1 atom stereocenters. The van der Waals surface area contributed by atoms with Crippen LogP contribution in [0.5, 0.6) is 0 Å². The zero-order valence-electron chi connectivity index (χ0n) is 10.6. The zero-order chi connectivity index (χ0) is 13.8. The van der Waals surface area contributed by atoms with Crippen molar-refractivity contribution in [3.8, 4) is 0 Å². The summed E-state index contributed by atoms with van der Waals surface area (Å²) in [5.41, 5.74) is 2.06. The maximum Gasteiger partial charge on any atom is 0.339 e. The van der Waals surface area contributed by atoms with Gasteiger partial charge in [0.2, 0.25) is 0 Å². The van der Waals surface area contributed by atoms with Gasteiger partial charge in [0.05, 0.1) is 36.9 Å². The average Bonchev–Trinajstić information content (AvgIpc) is 2.92. The minimum absolute atomic E-state index is 0.0133. The van der Waals surface area contributed by atoms with E-state index in [2.05, 4.69) is 5.32 Å². The number of hydrogen-bond acceptors (Lipinski definition) is 4. The van der Waals surface area contributed by atoms with Crippen molar-refractivity contribution >= 4 is 23.3 Å². The molecule has 1 heterocycles. The number of carbonyl (C=O) groups excluding carboxylic acids is 1. The van der Waals surface area contributed by atoms with Gasteiger partial charge in [0, 0.05) is 10.6 Å². The fourth-order valence-electron chi connectivity index (χ4n) is 1.76. The van der Waals surface area contributed by atoms with Gasteiger partial charge in [-0.25, -0.2) is 4.79 Å². The van der Waals surface area contributed by atoms with Crippen LogP contribution < -0.4 is 5.32 Å². The number of anilines is 1. The fraction of sp³-hybridized carbons (Fsp3) is 0.214. The summed E-state index contributed by atoms with van der Waals surface area (Å²) in [5, 5.41) is 3.77. The van der Waals surface area contributed by atoms with Crippen molar-refractivity contribution in [3.63, 3.8) is 0 Å². The highest BCUT2D eigenvalue weighted by molar-refractivity contribution is 6.31. The Morgan fingerprint density at radius 3 is 2.84 bits per heavy atom. The molecule has 19 heavy (non-hydrogen) atoms. The number of carbonyl (C=O) groups is 1. The quantitative estimate of drug-likeness (QED) is 0.863. The van der Waals surface area contributed by atoms with E-state index in [4.69, 9.17) is 20.8 Å². The van der Waals surface area contributed by atoms with Crippen LogP contribution in [0.15, 0.2) is 41.2 Å². The maximum absolute atomic E-state index is 11.7. The van der Waals surface area contributed by atoms with Gasteiger partial charge in [0.15, 0.2) is 0 Å². The molecular weight excluding hydrogens is 266 g/mol. The molecule has 0 spiro atoms. The molecule has 1 unspecified atom stereocenters. The number of halogens is 1. The molecule has 1 aromatic heterocycles. The van der Waals surface area contributed by atoms with Gasteiger partial charge in [0.1, 0.15) is 0 Å². The van der Waals surface area contributed by atoms with Crippen LogP contribution in [0.4, 0.5) is 5.69 Å². The number of ether oxygens (including phenoxy) is 1. The summed E-state index contributed by atoms with van der Waals surface area (Å²) in [7, 11) is 1.35. The van der Waals surface area contributed by atoms with Crippen molar-refractivity contribution in [3.05, 3.63) is 52.9 Å². The summed E-state index contributed by atoms with van der Waals surface area (Å²) in [6.07, 6.45) is 3.26. The van der Waals surface area contributed by atoms with Crippen LogP contribution in [-0.2, 0) is 4.74 Å². The summed E-state index contributed by atoms with van der Waals surface area (Å²) >= 11 is 5.96. The van der Waals surface area contributed by atoms with Crippen LogP contribution in [0, 0.1) is 0 Å². The van der Waals surface area contributed by atoms with Crippen LogP contribution in [0.2, 0.25) is 5.02 Å². The third kappa shape index (κ3) is 3.09. The molecule has 1 aromatic carbocycles. The summed E-state index contributed by atoms with van der Waals surface area (Å²) in [5.74, 6) is -0.404. The Bertz CT molecular complexity index is 566. The first-order chi connectivity index (χ1) is 9.11. The van der Waals surface area contributed by atoms with Crippen LogP contribution >= 0.6 is 11.6 Å². The number of esters is 1. The first-order valence-electron chi connectivity index (χ1n) is 5.78. The summed E-state index contributed by atoms with van der Waals surface area (Å²) in [4.78, 5) is 11.7. The first kappa shape index (κ1) is 13.5. The van der Waals surface area contributed by atoms with Crippen molar-refractivity contribution in [2.75, 3.05) is 12.4 Å². The van der Waals surface area contributed by atoms with Gasteiger partial charge in [-0.05, 0) is 31.2 Å². The molecule has 0 saturated heterocycles. The second-order valence-electron chi connectivity index (χ2n) is 4.10. The average molecular weight is 280 g/mol. The second kappa shape index (κ2) is 5.80. The lowest BCUT2D eigenvalue weighted by Crippen LogP contribution is -2.11. The van der Waals surface area contributed by atoms with E-state index in [1.165, 1.54) is 7.11 Å². The molecule has 0 aliphatic rings. The minimum Gasteiger partial charge on any atom is -0.472 e. The Morgan fingerprint density at radius 2 is 2.21 bits per heavy atom. The molecular formula is C14H14ClNO3. The molecule has 1 N–H and O–H groups in total. The standard InChI is InChI=1S/C14H14ClNO3/c1-9(10-5-6-19-8-10)16-13-7-11(15)3-4-12(13)14(17)18-2/h3-9,16H,1-2H3. The Kier molecular flexibility index (Phi) is 4.12. The van der Waals surface area contributed by atoms with Crippen LogP contribution in [0.3, 0.4) is 0 Å². The van der Waals surface area contributed by atoms with E-state index in [9.17, 15) is 4.79 Å². The smallest absolute Gasteiger partial charge is 0.339 e. The van der Waals surface area contributed by atoms with Gasteiger partial charge in [-0.3, -0.25) is 0 Å². The third-order valence-corrected chi connectivity index (χ3v) is 3.04. The van der Waals surface area contributed by atoms with Gasteiger partial charge < -0.3 is 14.5 Å². The van der Waals surface area contributed by atoms with E-state index in [0.717, 1.165) is 5.56 Å². The van der Waals surface area contributed by atoms with E-state index in [1.807, 2.05) is 13.0 Å². The third-order valence-electron chi connectivity index (χ3n) is 2.80. The number of hydrogen-bond donors (Lipinski definition) is 1. The lowest BCUT2D eigenvalue weighted by atomic mass is 10.1. The van der Waals surface area contributed by atoms with E-state index in [0.29, 0.717) is 16.3 Å². The Morgan fingerprint density at radius 1 is 1.42 bits per heavy atom. The van der Waals surface area contributed by atoms with Crippen LogP contribution in [-0.4, -0.2) is 13.1 Å². The predicted octanol–water partition coefficient (Wildman–Crippen LogP) is 3.89. The Labute approximate surface area is 116 Å². The highest BCUT2D eigenvalue weighted by Gasteiger charge is 2.15. The van der Waals surface area contributed by atoms with Crippen molar-refractivity contribution in [1.82, 2.24) is 0 Å². The number of furan rings is 1. The predicted molar refractivity (Wildman–Crippen MR) is 73.5 cm³/mol. The normalized spacial score (nSPS) is 11.9. The number of methoxy groups -OCH3 is 1. The monoisotopic (exact) mass is 279 g/mol. The van der Waals surface area contributed by atoms with Gasteiger partial charge in [0.25, 0.3) is 0 Å². The summed E-state index contributed by atoms with van der Waals surface area (Å²) < 4.78 is 9.79. The maximum atomic E-state index is 11.7. The van der Waals surface area contributed by atoms with Crippen molar-refractivity contribution < 1.29 is 13.9 Å². The van der Waals surface area contributed by atoms with E-state index < -0.39 is 5.97 Å². The second-order valence-corrected chi connectivity index (χ2v) is 4.54. The zero-order valence-corrected chi connectivity index (χ0v) is 11.4. The molecule has 0 amide bonds. The highest BCUT2D eigenvalue weighted by atomic mass is 35.5. The summed E-state index contributed by atoms with van der Waals surface area (Å²) in [6, 6.07) is 6.84. The first-order valence-corrected chi connectivity index (χ1v) is 6.16. The van der Waals surface area contributed by atoms with Crippen LogP contribution in [0.1, 0.15) is 28.9 Å². The van der Waals surface area contributed by atoms with Crippen molar-refractivity contribution in [2.24, 2.45) is 0 Å². The molecule has 2 aromatic rings. The van der Waals surface area contributed by atoms with E-state index >= 15 is 0 Å². The molecule has 5 heteroatoms. The highest BCUT2D eigenvalue weighted by Crippen LogP contribution is 2.26. The van der Waals surface area contributed by atoms with Gasteiger partial charge in [-0.1, -0.05) is 11.6 Å². The summed E-state index contributed by atoms with van der Waals surface area (Å²) in [6.45, 7) is 1.97. The molecule has 0 aliphatic carbocycles. The minimum atomic E-state index is -0.404. The SMILES string of the molecule is COC(=O)c1ccc(Cl)cc1NC(C)c1ccoc1. The van der Waals surface area contributed by atoms with Gasteiger partial charge >= 0.3 is 5.97 Å². The molecule has 4 nitrogen and oxygen atoms in total. The molecule has 2 rings (SSSR count). The number of benzene rings is 1. The van der Waals surface area contributed by atoms with E-state index in [-0.39, 0.29) is 6.04 Å². The molecule has 0 saturated carbocycles. The Hall–Kier alpha value is -1.94. The van der Waals surface area contributed by atoms with Crippen molar-refractivity contribution in [1.29, 1.82) is 0 Å². The topological polar surface area (TPSA) is 51.5 Å².